The molecule has 2 unspecified atom stereocenters. The third-order valence-electron chi connectivity index (χ3n) is 4.05. The smallest absolute Gasteiger partial charge is 0.133 e. The summed E-state index contributed by atoms with van der Waals surface area (Å²) in [7, 11) is 3.31. The lowest BCUT2D eigenvalue weighted by Crippen LogP contribution is -2.21. The zero-order valence-corrected chi connectivity index (χ0v) is 14.2. The fourth-order valence-electron chi connectivity index (χ4n) is 2.88. The first-order chi connectivity index (χ1) is 10.2. The maximum Gasteiger partial charge on any atom is 0.133 e. The first-order valence-corrected chi connectivity index (χ1v) is 8.02. The molecule has 0 saturated heterocycles. The van der Waals surface area contributed by atoms with E-state index in [9.17, 15) is 0 Å². The molecule has 2 aromatic carbocycles. The van der Waals surface area contributed by atoms with E-state index in [0.29, 0.717) is 5.92 Å². The van der Waals surface area contributed by atoms with Crippen molar-refractivity contribution in [2.24, 2.45) is 0 Å². The summed E-state index contributed by atoms with van der Waals surface area (Å²) in [5, 5.41) is -0.128. The fourth-order valence-corrected chi connectivity index (χ4v) is 3.75. The van der Waals surface area contributed by atoms with Gasteiger partial charge in [-0.25, -0.2) is 0 Å². The van der Waals surface area contributed by atoms with Gasteiger partial charge in [-0.15, -0.1) is 11.6 Å². The summed E-state index contributed by atoms with van der Waals surface area (Å²) in [6.07, 6.45) is 1.01. The highest BCUT2D eigenvalue weighted by molar-refractivity contribution is 9.10. The maximum absolute atomic E-state index is 6.75. The second-order valence-corrected chi connectivity index (χ2v) is 6.46. The van der Waals surface area contributed by atoms with Crippen LogP contribution in [0.5, 0.6) is 11.5 Å². The minimum Gasteiger partial charge on any atom is -0.496 e. The number of benzene rings is 2. The van der Waals surface area contributed by atoms with Crippen LogP contribution in [0.4, 0.5) is 0 Å². The number of fused-ring (bicyclic) bond motifs is 1. The van der Waals surface area contributed by atoms with Gasteiger partial charge in [-0.1, -0.05) is 24.3 Å². The molecule has 0 bridgehead atoms. The molecule has 0 fully saturated rings. The van der Waals surface area contributed by atoms with Gasteiger partial charge in [0, 0.05) is 11.5 Å². The minimum atomic E-state index is -0.128. The normalized spacial score (nSPS) is 17.6. The second kappa shape index (κ2) is 5.90. The molecule has 4 heteroatoms. The minimum absolute atomic E-state index is 0.128. The van der Waals surface area contributed by atoms with Crippen molar-refractivity contribution >= 4 is 27.5 Å². The molecule has 2 nitrogen and oxygen atoms in total. The molecule has 2 aromatic rings. The number of rotatable bonds is 4. The molecule has 0 aromatic heterocycles. The van der Waals surface area contributed by atoms with E-state index in [1.54, 1.807) is 14.2 Å². The number of ether oxygens (including phenoxy) is 2. The van der Waals surface area contributed by atoms with Gasteiger partial charge in [0.05, 0.1) is 24.1 Å². The lowest BCUT2D eigenvalue weighted by Gasteiger charge is -2.34. The first kappa shape index (κ1) is 14.7. The average Bonchev–Trinajstić information content (AvgIpc) is 2.48. The number of halogens is 2. The summed E-state index contributed by atoms with van der Waals surface area (Å²) in [6.45, 7) is 0. The molecule has 110 valence electrons. The lowest BCUT2D eigenvalue weighted by atomic mass is 9.74. The van der Waals surface area contributed by atoms with E-state index in [0.717, 1.165) is 28.0 Å². The van der Waals surface area contributed by atoms with Crippen LogP contribution in [0.25, 0.3) is 0 Å². The number of alkyl halides is 1. The second-order valence-electron chi connectivity index (χ2n) is 5.14. The summed E-state index contributed by atoms with van der Waals surface area (Å²) >= 11 is 10.2. The molecular weight excluding hydrogens is 352 g/mol. The first-order valence-electron chi connectivity index (χ1n) is 6.79. The Labute approximate surface area is 138 Å². The number of hydrogen-bond donors (Lipinski definition) is 0. The van der Waals surface area contributed by atoms with Gasteiger partial charge in [0.1, 0.15) is 11.5 Å². The molecule has 3 rings (SSSR count). The molecular formula is C17H16BrClO2. The zero-order valence-electron chi connectivity index (χ0n) is 11.9. The Bertz CT molecular complexity index is 672. The van der Waals surface area contributed by atoms with Gasteiger partial charge in [0.2, 0.25) is 0 Å². The van der Waals surface area contributed by atoms with Crippen LogP contribution in [0.15, 0.2) is 40.9 Å². The van der Waals surface area contributed by atoms with Crippen LogP contribution < -0.4 is 9.47 Å². The van der Waals surface area contributed by atoms with Gasteiger partial charge in [0.25, 0.3) is 0 Å². The van der Waals surface area contributed by atoms with Crippen LogP contribution in [0.1, 0.15) is 28.0 Å². The Hall–Kier alpha value is -1.19. The molecule has 2 atom stereocenters. The number of methoxy groups -OCH3 is 2. The molecule has 0 spiro atoms. The standard InChI is InChI=1S/C17H16BrClO2/c1-20-15-9-14(18)16(21-2)8-13(15)17(19)12-7-10-5-3-4-6-11(10)12/h3-6,8-9,12,17H,7H2,1-2H3. The molecule has 0 N–H and O–H groups in total. The Morgan fingerprint density at radius 1 is 1.14 bits per heavy atom. The van der Waals surface area contributed by atoms with E-state index >= 15 is 0 Å². The van der Waals surface area contributed by atoms with Crippen molar-refractivity contribution in [2.75, 3.05) is 14.2 Å². The quantitative estimate of drug-likeness (QED) is 0.701. The highest BCUT2D eigenvalue weighted by Crippen LogP contribution is 2.50. The van der Waals surface area contributed by atoms with Crippen molar-refractivity contribution in [2.45, 2.75) is 17.7 Å². The van der Waals surface area contributed by atoms with Gasteiger partial charge in [0.15, 0.2) is 0 Å². The molecule has 0 radical (unpaired) electrons. The van der Waals surface area contributed by atoms with Crippen LogP contribution in [0.2, 0.25) is 0 Å². The predicted molar refractivity (Wildman–Crippen MR) is 88.7 cm³/mol. The van der Waals surface area contributed by atoms with E-state index in [1.165, 1.54) is 11.1 Å². The molecule has 0 heterocycles. The van der Waals surface area contributed by atoms with Crippen LogP contribution >= 0.6 is 27.5 Å². The van der Waals surface area contributed by atoms with Crippen molar-refractivity contribution in [3.05, 3.63) is 57.6 Å². The topological polar surface area (TPSA) is 18.5 Å². The van der Waals surface area contributed by atoms with Crippen molar-refractivity contribution in [1.29, 1.82) is 0 Å². The third-order valence-corrected chi connectivity index (χ3v) is 5.21. The van der Waals surface area contributed by atoms with Crippen LogP contribution in [-0.4, -0.2) is 14.2 Å². The van der Waals surface area contributed by atoms with Crippen molar-refractivity contribution in [1.82, 2.24) is 0 Å². The van der Waals surface area contributed by atoms with Crippen LogP contribution in [0.3, 0.4) is 0 Å². The molecule has 1 aliphatic carbocycles. The Kier molecular flexibility index (Phi) is 4.14. The van der Waals surface area contributed by atoms with Crippen LogP contribution in [-0.2, 0) is 6.42 Å². The van der Waals surface area contributed by atoms with Crippen molar-refractivity contribution < 1.29 is 9.47 Å². The van der Waals surface area contributed by atoms with Crippen molar-refractivity contribution in [3.8, 4) is 11.5 Å². The SMILES string of the molecule is COc1cc(C(Cl)C2Cc3ccccc32)c(OC)cc1Br. The molecule has 0 amide bonds. The van der Waals surface area contributed by atoms with E-state index in [1.807, 2.05) is 12.1 Å². The Balaban J connectivity index is 1.97. The summed E-state index contributed by atoms with van der Waals surface area (Å²) in [6, 6.07) is 12.3. The highest BCUT2D eigenvalue weighted by Gasteiger charge is 2.34. The van der Waals surface area contributed by atoms with Gasteiger partial charge < -0.3 is 9.47 Å². The Morgan fingerprint density at radius 3 is 2.52 bits per heavy atom. The van der Waals surface area contributed by atoms with Gasteiger partial charge in [-0.2, -0.15) is 0 Å². The zero-order chi connectivity index (χ0) is 15.0. The van der Waals surface area contributed by atoms with Crippen molar-refractivity contribution in [3.63, 3.8) is 0 Å². The molecule has 21 heavy (non-hydrogen) atoms. The lowest BCUT2D eigenvalue weighted by molar-refractivity contribution is 0.393. The van der Waals surface area contributed by atoms with E-state index in [-0.39, 0.29) is 5.38 Å². The predicted octanol–water partition coefficient (Wildman–Crippen LogP) is 5.09. The summed E-state index contributed by atoms with van der Waals surface area (Å²) in [4.78, 5) is 0. The average molecular weight is 368 g/mol. The van der Waals surface area contributed by atoms with E-state index in [2.05, 4.69) is 40.2 Å². The Morgan fingerprint density at radius 2 is 1.86 bits per heavy atom. The van der Waals surface area contributed by atoms with E-state index in [4.69, 9.17) is 21.1 Å². The summed E-state index contributed by atoms with van der Waals surface area (Å²) < 4.78 is 11.7. The monoisotopic (exact) mass is 366 g/mol. The largest absolute Gasteiger partial charge is 0.496 e. The number of hydrogen-bond acceptors (Lipinski definition) is 2. The summed E-state index contributed by atoms with van der Waals surface area (Å²) in [5.41, 5.74) is 3.69. The van der Waals surface area contributed by atoms with Gasteiger partial charge in [-0.05, 0) is 45.6 Å². The summed E-state index contributed by atoms with van der Waals surface area (Å²) in [5.74, 6) is 1.87. The van der Waals surface area contributed by atoms with Crippen LogP contribution in [0, 0.1) is 0 Å². The molecule has 0 aliphatic heterocycles. The molecule has 1 aliphatic rings. The molecule has 0 saturated carbocycles. The van der Waals surface area contributed by atoms with Gasteiger partial charge >= 0.3 is 0 Å². The maximum atomic E-state index is 6.75. The highest BCUT2D eigenvalue weighted by atomic mass is 79.9. The fraction of sp³-hybridized carbons (Fsp3) is 0.294. The third kappa shape index (κ3) is 2.53. The van der Waals surface area contributed by atoms with E-state index < -0.39 is 0 Å². The van der Waals surface area contributed by atoms with Gasteiger partial charge in [-0.3, -0.25) is 0 Å².